The topological polar surface area (TPSA) is 66.6 Å². The van der Waals surface area contributed by atoms with Gasteiger partial charge in [0.05, 0.1) is 0 Å². The lowest BCUT2D eigenvalue weighted by molar-refractivity contribution is -0.133. The first-order valence-corrected chi connectivity index (χ1v) is 5.68. The van der Waals surface area contributed by atoms with Crippen molar-refractivity contribution in [2.45, 2.75) is 52.1 Å². The molecule has 0 aliphatic carbocycles. The van der Waals surface area contributed by atoms with E-state index < -0.39 is 0 Å². The molecule has 0 aromatic rings. The van der Waals surface area contributed by atoms with Crippen LogP contribution in [0.3, 0.4) is 0 Å². The highest BCUT2D eigenvalue weighted by atomic mass is 16.3. The molecule has 0 fully saturated rings. The van der Waals surface area contributed by atoms with Crippen molar-refractivity contribution in [1.82, 2.24) is 4.90 Å². The van der Waals surface area contributed by atoms with E-state index in [2.05, 4.69) is 0 Å². The Bertz CT molecular complexity index is 183. The molecule has 0 aliphatic heterocycles. The van der Waals surface area contributed by atoms with Gasteiger partial charge >= 0.3 is 0 Å². The molecule has 0 aromatic carbocycles. The molecule has 4 nitrogen and oxygen atoms in total. The fraction of sp³-hybridized carbons (Fsp3) is 0.909. The lowest BCUT2D eigenvalue weighted by Gasteiger charge is -2.27. The van der Waals surface area contributed by atoms with Crippen LogP contribution in [0.25, 0.3) is 0 Å². The van der Waals surface area contributed by atoms with Gasteiger partial charge in [-0.1, -0.05) is 6.92 Å². The Labute approximate surface area is 92.4 Å². The monoisotopic (exact) mass is 216 g/mol. The molecule has 0 heterocycles. The molecule has 4 heteroatoms. The molecule has 1 atom stereocenters. The summed E-state index contributed by atoms with van der Waals surface area (Å²) in [6.45, 7) is 6.67. The van der Waals surface area contributed by atoms with Crippen LogP contribution in [0.5, 0.6) is 0 Å². The first-order valence-electron chi connectivity index (χ1n) is 5.68. The number of aliphatic hydroxyl groups excluding tert-OH is 1. The van der Waals surface area contributed by atoms with Crippen LogP contribution in [0.2, 0.25) is 0 Å². The highest BCUT2D eigenvalue weighted by molar-refractivity contribution is 5.77. The second-order valence-corrected chi connectivity index (χ2v) is 4.13. The molecule has 0 aromatic heterocycles. The first kappa shape index (κ1) is 14.4. The Morgan fingerprint density at radius 1 is 1.47 bits per heavy atom. The molecule has 0 radical (unpaired) electrons. The summed E-state index contributed by atoms with van der Waals surface area (Å²) in [5.41, 5.74) is 5.74. The van der Waals surface area contributed by atoms with Gasteiger partial charge in [-0.05, 0) is 26.7 Å². The van der Waals surface area contributed by atoms with E-state index in [4.69, 9.17) is 10.8 Å². The third-order valence-electron chi connectivity index (χ3n) is 2.46. The Balaban J connectivity index is 4.16. The maximum absolute atomic E-state index is 11.8. The largest absolute Gasteiger partial charge is 0.396 e. The Hall–Kier alpha value is -0.610. The molecule has 90 valence electrons. The van der Waals surface area contributed by atoms with Crippen molar-refractivity contribution in [1.29, 1.82) is 0 Å². The van der Waals surface area contributed by atoms with Crippen LogP contribution in [-0.4, -0.2) is 41.1 Å². The zero-order valence-electron chi connectivity index (χ0n) is 10.1. The van der Waals surface area contributed by atoms with E-state index in [0.29, 0.717) is 19.4 Å². The second kappa shape index (κ2) is 7.65. The number of carbonyl (C=O) groups is 1. The molecule has 1 amide bonds. The van der Waals surface area contributed by atoms with Gasteiger partial charge in [0.1, 0.15) is 0 Å². The SMILES string of the molecule is CCC(N)CC(=O)N(CCCO)C(C)C. The van der Waals surface area contributed by atoms with Crippen LogP contribution < -0.4 is 5.73 Å². The van der Waals surface area contributed by atoms with E-state index in [1.807, 2.05) is 20.8 Å². The molecule has 0 bridgehead atoms. The van der Waals surface area contributed by atoms with Crippen molar-refractivity contribution in [3.05, 3.63) is 0 Å². The van der Waals surface area contributed by atoms with E-state index in [9.17, 15) is 4.79 Å². The van der Waals surface area contributed by atoms with Gasteiger partial charge in [-0.25, -0.2) is 0 Å². The predicted molar refractivity (Wildman–Crippen MR) is 61.4 cm³/mol. The third-order valence-corrected chi connectivity index (χ3v) is 2.46. The van der Waals surface area contributed by atoms with Gasteiger partial charge in [-0.2, -0.15) is 0 Å². The summed E-state index contributed by atoms with van der Waals surface area (Å²) >= 11 is 0. The summed E-state index contributed by atoms with van der Waals surface area (Å²) in [6, 6.07) is 0.126. The highest BCUT2D eigenvalue weighted by Crippen LogP contribution is 2.05. The Kier molecular flexibility index (Phi) is 7.34. The molecular weight excluding hydrogens is 192 g/mol. The van der Waals surface area contributed by atoms with Crippen molar-refractivity contribution in [2.75, 3.05) is 13.2 Å². The minimum absolute atomic E-state index is 0.0483. The minimum Gasteiger partial charge on any atom is -0.396 e. The Morgan fingerprint density at radius 3 is 2.47 bits per heavy atom. The zero-order chi connectivity index (χ0) is 11.8. The van der Waals surface area contributed by atoms with Crippen molar-refractivity contribution in [3.63, 3.8) is 0 Å². The van der Waals surface area contributed by atoms with Crippen LogP contribution in [0.15, 0.2) is 0 Å². The average molecular weight is 216 g/mol. The fourth-order valence-electron chi connectivity index (χ4n) is 1.40. The molecule has 0 aliphatic rings. The molecule has 0 saturated heterocycles. The summed E-state index contributed by atoms with van der Waals surface area (Å²) in [4.78, 5) is 13.6. The standard InChI is InChI=1S/C11H24N2O2/c1-4-10(12)8-11(15)13(9(2)3)6-5-7-14/h9-10,14H,4-8,12H2,1-3H3. The summed E-state index contributed by atoms with van der Waals surface area (Å²) in [5.74, 6) is 0.0906. The number of amides is 1. The van der Waals surface area contributed by atoms with E-state index in [1.165, 1.54) is 0 Å². The quantitative estimate of drug-likeness (QED) is 0.659. The molecule has 3 N–H and O–H groups in total. The van der Waals surface area contributed by atoms with E-state index in [0.717, 1.165) is 6.42 Å². The van der Waals surface area contributed by atoms with Gasteiger partial charge < -0.3 is 15.7 Å². The zero-order valence-corrected chi connectivity index (χ0v) is 10.1. The number of aliphatic hydroxyl groups is 1. The van der Waals surface area contributed by atoms with E-state index >= 15 is 0 Å². The van der Waals surface area contributed by atoms with E-state index in [-0.39, 0.29) is 24.6 Å². The maximum atomic E-state index is 11.8. The van der Waals surface area contributed by atoms with Gasteiger partial charge in [-0.15, -0.1) is 0 Å². The molecule has 0 spiro atoms. The first-order chi connectivity index (χ1) is 7.02. The van der Waals surface area contributed by atoms with Crippen molar-refractivity contribution in [2.24, 2.45) is 5.73 Å². The highest BCUT2D eigenvalue weighted by Gasteiger charge is 2.18. The summed E-state index contributed by atoms with van der Waals surface area (Å²) in [6.07, 6.45) is 1.85. The number of carbonyl (C=O) groups excluding carboxylic acids is 1. The lowest BCUT2D eigenvalue weighted by atomic mass is 10.1. The summed E-state index contributed by atoms with van der Waals surface area (Å²) in [5, 5.41) is 8.74. The van der Waals surface area contributed by atoms with Gasteiger partial charge in [0.25, 0.3) is 0 Å². The molecular formula is C11H24N2O2. The van der Waals surface area contributed by atoms with Crippen LogP contribution in [0.1, 0.15) is 40.0 Å². The Morgan fingerprint density at radius 2 is 2.07 bits per heavy atom. The molecule has 15 heavy (non-hydrogen) atoms. The van der Waals surface area contributed by atoms with Crippen LogP contribution in [0.4, 0.5) is 0 Å². The summed E-state index contributed by atoms with van der Waals surface area (Å²) < 4.78 is 0. The lowest BCUT2D eigenvalue weighted by Crippen LogP contribution is -2.40. The van der Waals surface area contributed by atoms with Gasteiger partial charge in [0, 0.05) is 31.7 Å². The van der Waals surface area contributed by atoms with Crippen LogP contribution >= 0.6 is 0 Å². The van der Waals surface area contributed by atoms with E-state index in [1.54, 1.807) is 4.90 Å². The normalized spacial score (nSPS) is 12.9. The van der Waals surface area contributed by atoms with Crippen molar-refractivity contribution >= 4 is 5.91 Å². The number of hydrogen-bond donors (Lipinski definition) is 2. The van der Waals surface area contributed by atoms with Crippen LogP contribution in [-0.2, 0) is 4.79 Å². The number of rotatable bonds is 7. The predicted octanol–water partition coefficient (Wildman–Crippen LogP) is 0.733. The third kappa shape index (κ3) is 5.74. The van der Waals surface area contributed by atoms with Gasteiger partial charge in [0.15, 0.2) is 0 Å². The summed E-state index contributed by atoms with van der Waals surface area (Å²) in [7, 11) is 0. The van der Waals surface area contributed by atoms with Crippen molar-refractivity contribution in [3.8, 4) is 0 Å². The average Bonchev–Trinajstić information content (AvgIpc) is 2.17. The second-order valence-electron chi connectivity index (χ2n) is 4.13. The fourth-order valence-corrected chi connectivity index (χ4v) is 1.40. The maximum Gasteiger partial charge on any atom is 0.224 e. The smallest absolute Gasteiger partial charge is 0.224 e. The molecule has 1 unspecified atom stereocenters. The van der Waals surface area contributed by atoms with Crippen LogP contribution in [0, 0.1) is 0 Å². The number of hydrogen-bond acceptors (Lipinski definition) is 3. The minimum atomic E-state index is -0.0483. The number of nitrogens with zero attached hydrogens (tertiary/aromatic N) is 1. The molecule has 0 saturated carbocycles. The van der Waals surface area contributed by atoms with Gasteiger partial charge in [-0.3, -0.25) is 4.79 Å². The number of nitrogens with two attached hydrogens (primary N) is 1. The molecule has 0 rings (SSSR count). The van der Waals surface area contributed by atoms with Crippen molar-refractivity contribution < 1.29 is 9.90 Å². The van der Waals surface area contributed by atoms with Gasteiger partial charge in [0.2, 0.25) is 5.91 Å².